The molecular formula is C26H27Cl2N3O3. The molecule has 0 radical (unpaired) electrons. The number of halogens is 2. The number of aromatic hydroxyl groups is 1. The molecule has 0 aliphatic carbocycles. The Kier molecular flexibility index (Phi) is 8.29. The van der Waals surface area contributed by atoms with Gasteiger partial charge in [-0.2, -0.15) is 0 Å². The van der Waals surface area contributed by atoms with Crippen molar-refractivity contribution < 1.29 is 14.9 Å². The van der Waals surface area contributed by atoms with E-state index in [9.17, 15) is 10.2 Å². The topological polar surface area (TPSA) is 77.8 Å². The first-order chi connectivity index (χ1) is 16.6. The lowest BCUT2D eigenvalue weighted by molar-refractivity contribution is 0.226. The van der Waals surface area contributed by atoms with Crippen LogP contribution in [0.1, 0.15) is 5.56 Å². The largest absolute Gasteiger partial charge is 0.508 e. The monoisotopic (exact) mass is 499 g/mol. The number of anilines is 2. The van der Waals surface area contributed by atoms with Crippen molar-refractivity contribution in [3.8, 4) is 11.5 Å². The molecule has 34 heavy (non-hydrogen) atoms. The second-order valence-electron chi connectivity index (χ2n) is 7.90. The molecule has 1 aromatic heterocycles. The van der Waals surface area contributed by atoms with Crippen molar-refractivity contribution in [2.75, 3.05) is 43.3 Å². The first kappa shape index (κ1) is 24.4. The number of ether oxygens (including phenoxy) is 1. The molecule has 8 heteroatoms. The zero-order valence-corrected chi connectivity index (χ0v) is 20.2. The summed E-state index contributed by atoms with van der Waals surface area (Å²) in [5, 5.41) is 24.9. The minimum Gasteiger partial charge on any atom is -0.508 e. The Morgan fingerprint density at radius 3 is 2.44 bits per heavy atom. The highest BCUT2D eigenvalue weighted by molar-refractivity contribution is 6.18. The summed E-state index contributed by atoms with van der Waals surface area (Å²) in [5.41, 5.74) is 3.71. The SMILES string of the molecule is OCc1cc(O)cc(Nc2c3ccccc3nc3c(OCCN(CCCl)CCCl)cccc23)c1. The van der Waals surface area contributed by atoms with E-state index in [1.165, 1.54) is 6.07 Å². The summed E-state index contributed by atoms with van der Waals surface area (Å²) in [7, 11) is 0. The zero-order chi connectivity index (χ0) is 23.9. The molecule has 0 atom stereocenters. The first-order valence-corrected chi connectivity index (χ1v) is 12.2. The molecule has 0 saturated carbocycles. The number of nitrogens with zero attached hydrogens (tertiary/aromatic N) is 2. The van der Waals surface area contributed by atoms with E-state index in [-0.39, 0.29) is 12.4 Å². The van der Waals surface area contributed by atoms with Crippen LogP contribution in [0.25, 0.3) is 21.8 Å². The lowest BCUT2D eigenvalue weighted by atomic mass is 10.1. The van der Waals surface area contributed by atoms with Crippen LogP contribution in [0.4, 0.5) is 11.4 Å². The van der Waals surface area contributed by atoms with Crippen molar-refractivity contribution in [3.05, 3.63) is 66.2 Å². The van der Waals surface area contributed by atoms with Gasteiger partial charge in [0.05, 0.1) is 17.8 Å². The second-order valence-corrected chi connectivity index (χ2v) is 8.65. The number of phenolic OH excluding ortho intramolecular Hbond substituents is 1. The number of para-hydroxylation sites is 2. The maximum Gasteiger partial charge on any atom is 0.145 e. The summed E-state index contributed by atoms with van der Waals surface area (Å²) in [4.78, 5) is 7.06. The van der Waals surface area contributed by atoms with Gasteiger partial charge >= 0.3 is 0 Å². The summed E-state index contributed by atoms with van der Waals surface area (Å²) in [6.07, 6.45) is 0. The first-order valence-electron chi connectivity index (χ1n) is 11.1. The predicted molar refractivity (Wildman–Crippen MR) is 140 cm³/mol. The number of hydrogen-bond acceptors (Lipinski definition) is 6. The lowest BCUT2D eigenvalue weighted by Crippen LogP contribution is -2.32. The predicted octanol–water partition coefficient (Wildman–Crippen LogP) is 5.49. The molecule has 3 aromatic carbocycles. The number of nitrogens with one attached hydrogen (secondary N) is 1. The Bertz CT molecular complexity index is 1260. The van der Waals surface area contributed by atoms with Crippen molar-refractivity contribution in [3.63, 3.8) is 0 Å². The number of fused-ring (bicyclic) bond motifs is 2. The van der Waals surface area contributed by atoms with Crippen molar-refractivity contribution in [1.82, 2.24) is 9.88 Å². The summed E-state index contributed by atoms with van der Waals surface area (Å²) in [5.74, 6) is 1.86. The van der Waals surface area contributed by atoms with Gasteiger partial charge in [-0.05, 0) is 29.8 Å². The Hall–Kier alpha value is -2.77. The highest BCUT2D eigenvalue weighted by Gasteiger charge is 2.14. The van der Waals surface area contributed by atoms with Crippen LogP contribution in [0, 0.1) is 0 Å². The average Bonchev–Trinajstić information content (AvgIpc) is 2.84. The zero-order valence-electron chi connectivity index (χ0n) is 18.7. The highest BCUT2D eigenvalue weighted by atomic mass is 35.5. The fraction of sp³-hybridized carbons (Fsp3) is 0.269. The molecule has 0 saturated heterocycles. The molecule has 1 heterocycles. The highest BCUT2D eigenvalue weighted by Crippen LogP contribution is 2.37. The van der Waals surface area contributed by atoms with Crippen molar-refractivity contribution in [2.24, 2.45) is 0 Å². The Morgan fingerprint density at radius 2 is 1.68 bits per heavy atom. The van der Waals surface area contributed by atoms with Gasteiger partial charge in [-0.3, -0.25) is 4.90 Å². The van der Waals surface area contributed by atoms with Gasteiger partial charge in [0, 0.05) is 53.9 Å². The molecular weight excluding hydrogens is 473 g/mol. The molecule has 4 rings (SSSR count). The van der Waals surface area contributed by atoms with E-state index in [2.05, 4.69) is 10.2 Å². The van der Waals surface area contributed by atoms with Crippen LogP contribution in [-0.2, 0) is 6.61 Å². The number of phenols is 1. The Labute approximate surface area is 208 Å². The Morgan fingerprint density at radius 1 is 0.912 bits per heavy atom. The van der Waals surface area contributed by atoms with E-state index in [1.807, 2.05) is 48.5 Å². The van der Waals surface area contributed by atoms with Gasteiger partial charge in [-0.15, -0.1) is 23.2 Å². The van der Waals surface area contributed by atoms with Gasteiger partial charge in [-0.25, -0.2) is 4.98 Å². The van der Waals surface area contributed by atoms with Crippen LogP contribution in [-0.4, -0.2) is 58.1 Å². The third-order valence-corrected chi connectivity index (χ3v) is 5.91. The van der Waals surface area contributed by atoms with Gasteiger partial charge in [0.1, 0.15) is 23.6 Å². The maximum absolute atomic E-state index is 10.1. The van der Waals surface area contributed by atoms with Crippen molar-refractivity contribution in [2.45, 2.75) is 6.61 Å². The van der Waals surface area contributed by atoms with Crippen LogP contribution in [0.2, 0.25) is 0 Å². The summed E-state index contributed by atoms with van der Waals surface area (Å²) in [6, 6.07) is 18.7. The molecule has 0 aliphatic heterocycles. The number of aliphatic hydroxyl groups is 1. The van der Waals surface area contributed by atoms with E-state index < -0.39 is 0 Å². The Balaban J connectivity index is 1.71. The van der Waals surface area contributed by atoms with Gasteiger partial charge in [0.15, 0.2) is 0 Å². The number of hydrogen-bond donors (Lipinski definition) is 3. The number of pyridine rings is 1. The number of aliphatic hydroxyl groups excluding tert-OH is 1. The standard InChI is InChI=1S/C26H27Cl2N3O3/c27-8-10-31(11-9-28)12-13-34-24-7-3-5-22-25(21-4-1-2-6-23(21)30-26(22)24)29-19-14-18(17-32)15-20(33)16-19/h1-7,14-16,32-33H,8-13,17H2,(H,29,30). The molecule has 0 bridgehead atoms. The minimum absolute atomic E-state index is 0.0826. The molecule has 4 aromatic rings. The van der Waals surface area contributed by atoms with Gasteiger partial charge < -0.3 is 20.3 Å². The molecule has 0 amide bonds. The number of alkyl halides is 2. The fourth-order valence-corrected chi connectivity index (χ4v) is 4.46. The van der Waals surface area contributed by atoms with Gasteiger partial charge in [0.2, 0.25) is 0 Å². The van der Waals surface area contributed by atoms with Gasteiger partial charge in [0.25, 0.3) is 0 Å². The van der Waals surface area contributed by atoms with Crippen LogP contribution >= 0.6 is 23.2 Å². The summed E-state index contributed by atoms with van der Waals surface area (Å²) < 4.78 is 6.16. The molecule has 3 N–H and O–H groups in total. The van der Waals surface area contributed by atoms with Crippen LogP contribution in [0.5, 0.6) is 11.5 Å². The average molecular weight is 500 g/mol. The molecule has 6 nitrogen and oxygen atoms in total. The van der Waals surface area contributed by atoms with E-state index in [0.717, 1.165) is 40.6 Å². The van der Waals surface area contributed by atoms with E-state index >= 15 is 0 Å². The third-order valence-electron chi connectivity index (χ3n) is 5.57. The summed E-state index contributed by atoms with van der Waals surface area (Å²) >= 11 is 11.8. The second kappa shape index (κ2) is 11.6. The van der Waals surface area contributed by atoms with E-state index in [0.29, 0.717) is 41.9 Å². The normalized spacial score (nSPS) is 11.4. The maximum atomic E-state index is 10.1. The van der Waals surface area contributed by atoms with E-state index in [1.54, 1.807) is 6.07 Å². The molecule has 0 aliphatic rings. The van der Waals surface area contributed by atoms with E-state index in [4.69, 9.17) is 32.9 Å². The molecule has 0 fully saturated rings. The minimum atomic E-state index is -0.163. The molecule has 0 unspecified atom stereocenters. The number of aromatic nitrogens is 1. The number of benzene rings is 3. The number of rotatable bonds is 11. The smallest absolute Gasteiger partial charge is 0.145 e. The van der Waals surface area contributed by atoms with Gasteiger partial charge in [-0.1, -0.05) is 30.3 Å². The lowest BCUT2D eigenvalue weighted by Gasteiger charge is -2.20. The fourth-order valence-electron chi connectivity index (χ4n) is 3.98. The van der Waals surface area contributed by atoms with Crippen LogP contribution in [0.15, 0.2) is 60.7 Å². The quantitative estimate of drug-likeness (QED) is 0.187. The molecule has 178 valence electrons. The van der Waals surface area contributed by atoms with Crippen LogP contribution in [0.3, 0.4) is 0 Å². The van der Waals surface area contributed by atoms with Crippen molar-refractivity contribution >= 4 is 56.4 Å². The summed E-state index contributed by atoms with van der Waals surface area (Å²) in [6.45, 7) is 2.54. The molecule has 0 spiro atoms. The third kappa shape index (κ3) is 5.65. The van der Waals surface area contributed by atoms with Crippen molar-refractivity contribution in [1.29, 1.82) is 0 Å². The van der Waals surface area contributed by atoms with Crippen LogP contribution < -0.4 is 10.1 Å².